The van der Waals surface area contributed by atoms with Crippen LogP contribution in [0.25, 0.3) is 0 Å². The number of rotatable bonds is 25. The van der Waals surface area contributed by atoms with Gasteiger partial charge in [0.2, 0.25) is 0 Å². The van der Waals surface area contributed by atoms with Gasteiger partial charge in [-0.3, -0.25) is 0 Å². The molecule has 0 spiro atoms. The molecule has 358 valence electrons. The lowest BCUT2D eigenvalue weighted by Crippen LogP contribution is -2.66. The lowest BCUT2D eigenvalue weighted by atomic mass is 9.96. The van der Waals surface area contributed by atoms with E-state index in [1.54, 1.807) is 0 Å². The minimum Gasteiger partial charge on any atom is -0.387 e. The first-order chi connectivity index (χ1) is 33.6. The molecule has 11 nitrogen and oxygen atoms in total. The molecule has 10 atom stereocenters. The number of aliphatic hydroxyl groups is 1. The van der Waals surface area contributed by atoms with Gasteiger partial charge in [-0.1, -0.05) is 189 Å². The minimum absolute atomic E-state index is 0.0565. The number of hydrogen-bond acceptors (Lipinski definition) is 11. The van der Waals surface area contributed by atoms with E-state index in [1.165, 1.54) is 0 Å². The van der Waals surface area contributed by atoms with Gasteiger partial charge in [-0.25, -0.2) is 0 Å². The van der Waals surface area contributed by atoms with Crippen LogP contribution in [-0.4, -0.2) is 86.3 Å². The molecule has 2 saturated heterocycles. The summed E-state index contributed by atoms with van der Waals surface area (Å²) in [6.07, 6.45) is -8.49. The Morgan fingerprint density at radius 1 is 0.368 bits per heavy atom. The van der Waals surface area contributed by atoms with Gasteiger partial charge in [0.15, 0.2) is 12.6 Å². The summed E-state index contributed by atoms with van der Waals surface area (Å²) in [6, 6.07) is 59.7. The van der Waals surface area contributed by atoms with Gasteiger partial charge in [0, 0.05) is 6.61 Å². The van der Waals surface area contributed by atoms with Crippen molar-refractivity contribution in [1.29, 1.82) is 0 Å². The lowest BCUT2D eigenvalue weighted by Gasteiger charge is -2.49. The number of benzene rings is 6. The standard InChI is InChI=1S/C57H64O11/c1-2-33-61-56-54(64-38-46-29-17-7-18-30-46)52(50(58)48(66-56)40-59-34-42-21-9-3-10-22-42)68-57-55(65-39-47-31-19-8-20-32-47)53(63-37-45-27-15-6-16-28-45)51(62-36-44-25-13-5-14-26-44)49(67-57)41-60-35-43-23-11-4-12-24-43/h3-32,48-58H,2,33-41H2,1H3/t48-,49-,50+,51+,52+,53+,54-,55-,56+,57-/m1/s1. The van der Waals surface area contributed by atoms with Crippen molar-refractivity contribution in [3.63, 3.8) is 0 Å². The third-order valence-electron chi connectivity index (χ3n) is 11.9. The van der Waals surface area contributed by atoms with Crippen molar-refractivity contribution in [3.05, 3.63) is 215 Å². The fourth-order valence-electron chi connectivity index (χ4n) is 8.37. The van der Waals surface area contributed by atoms with Crippen molar-refractivity contribution in [2.24, 2.45) is 0 Å². The largest absolute Gasteiger partial charge is 0.387 e. The van der Waals surface area contributed by atoms with Crippen LogP contribution in [-0.2, 0) is 87.0 Å². The molecular formula is C57H64O11. The number of hydrogen-bond donors (Lipinski definition) is 1. The zero-order chi connectivity index (χ0) is 46.6. The molecule has 0 amide bonds. The van der Waals surface area contributed by atoms with E-state index >= 15 is 0 Å². The Kier molecular flexibility index (Phi) is 19.3. The van der Waals surface area contributed by atoms with Gasteiger partial charge < -0.3 is 52.5 Å². The molecule has 0 saturated carbocycles. The molecule has 2 aliphatic rings. The Balaban J connectivity index is 1.15. The first kappa shape index (κ1) is 49.3. The highest BCUT2D eigenvalue weighted by Gasteiger charge is 2.54. The van der Waals surface area contributed by atoms with E-state index in [-0.39, 0.29) is 39.6 Å². The van der Waals surface area contributed by atoms with Gasteiger partial charge in [-0.05, 0) is 39.8 Å². The van der Waals surface area contributed by atoms with Gasteiger partial charge in [-0.15, -0.1) is 0 Å². The van der Waals surface area contributed by atoms with Crippen LogP contribution in [0.3, 0.4) is 0 Å². The SMILES string of the molecule is CCCO[C@H]1O[C@H](COCc2ccccc2)[C@H](O)[C@H](O[C@H]2O[C@H](COCc3ccccc3)[C@H](OCc3ccccc3)[C@H](OCc3ccccc3)[C@H]2OCc2ccccc2)[C@H]1OCc1ccccc1. The van der Waals surface area contributed by atoms with Gasteiger partial charge in [-0.2, -0.15) is 0 Å². The molecule has 0 aliphatic carbocycles. The maximum absolute atomic E-state index is 12.5. The fourth-order valence-corrected chi connectivity index (χ4v) is 8.37. The second kappa shape index (κ2) is 26.6. The van der Waals surface area contributed by atoms with Crippen LogP contribution in [0, 0.1) is 0 Å². The smallest absolute Gasteiger partial charge is 0.187 e. The van der Waals surface area contributed by atoms with Crippen molar-refractivity contribution in [3.8, 4) is 0 Å². The molecule has 2 fully saturated rings. The van der Waals surface area contributed by atoms with E-state index in [9.17, 15) is 5.11 Å². The predicted octanol–water partition coefficient (Wildman–Crippen LogP) is 9.38. The molecular weight excluding hydrogens is 861 g/mol. The number of ether oxygens (including phenoxy) is 10. The average Bonchev–Trinajstić information content (AvgIpc) is 3.39. The summed E-state index contributed by atoms with van der Waals surface area (Å²) in [7, 11) is 0. The monoisotopic (exact) mass is 924 g/mol. The third-order valence-corrected chi connectivity index (χ3v) is 11.9. The molecule has 0 unspecified atom stereocenters. The first-order valence-electron chi connectivity index (χ1n) is 23.7. The van der Waals surface area contributed by atoms with Crippen LogP contribution in [0.4, 0.5) is 0 Å². The molecule has 2 heterocycles. The van der Waals surface area contributed by atoms with Crippen molar-refractivity contribution in [1.82, 2.24) is 0 Å². The van der Waals surface area contributed by atoms with Crippen LogP contribution in [0.2, 0.25) is 0 Å². The van der Waals surface area contributed by atoms with E-state index in [2.05, 4.69) is 0 Å². The van der Waals surface area contributed by atoms with E-state index in [0.29, 0.717) is 19.8 Å². The first-order valence-corrected chi connectivity index (χ1v) is 23.7. The van der Waals surface area contributed by atoms with Crippen molar-refractivity contribution in [2.75, 3.05) is 19.8 Å². The van der Waals surface area contributed by atoms with Crippen molar-refractivity contribution >= 4 is 0 Å². The van der Waals surface area contributed by atoms with E-state index < -0.39 is 61.4 Å². The van der Waals surface area contributed by atoms with Crippen LogP contribution in [0.15, 0.2) is 182 Å². The Labute approximate surface area is 400 Å². The normalized spacial score (nSPS) is 25.0. The van der Waals surface area contributed by atoms with Crippen LogP contribution in [0.1, 0.15) is 46.7 Å². The highest BCUT2D eigenvalue weighted by atomic mass is 16.8. The topological polar surface area (TPSA) is 113 Å². The maximum Gasteiger partial charge on any atom is 0.187 e. The summed E-state index contributed by atoms with van der Waals surface area (Å²) < 4.78 is 67.5. The lowest BCUT2D eigenvalue weighted by molar-refractivity contribution is -0.375. The minimum atomic E-state index is -1.25. The summed E-state index contributed by atoms with van der Waals surface area (Å²) in [5.74, 6) is 0. The zero-order valence-corrected chi connectivity index (χ0v) is 38.7. The second-order valence-electron chi connectivity index (χ2n) is 17.1. The molecule has 68 heavy (non-hydrogen) atoms. The van der Waals surface area contributed by atoms with E-state index in [4.69, 9.17) is 47.4 Å². The van der Waals surface area contributed by atoms with Crippen LogP contribution in [0.5, 0.6) is 0 Å². The molecule has 1 N–H and O–H groups in total. The summed E-state index contributed by atoms with van der Waals surface area (Å²) in [6.45, 7) is 4.22. The quantitative estimate of drug-likeness (QED) is 0.0593. The molecule has 6 aromatic carbocycles. The Bertz CT molecular complexity index is 2260. The zero-order valence-electron chi connectivity index (χ0n) is 38.7. The summed E-state index contributed by atoms with van der Waals surface area (Å²) in [5, 5.41) is 12.5. The highest BCUT2D eigenvalue weighted by Crippen LogP contribution is 2.36. The molecule has 6 aromatic rings. The van der Waals surface area contributed by atoms with Crippen molar-refractivity contribution in [2.45, 2.75) is 114 Å². The van der Waals surface area contributed by atoms with Crippen molar-refractivity contribution < 1.29 is 52.5 Å². The van der Waals surface area contributed by atoms with Gasteiger partial charge >= 0.3 is 0 Å². The summed E-state index contributed by atoms with van der Waals surface area (Å²) >= 11 is 0. The molecule has 8 rings (SSSR count). The van der Waals surface area contributed by atoms with Gasteiger partial charge in [0.05, 0.1) is 52.9 Å². The average molecular weight is 925 g/mol. The van der Waals surface area contributed by atoms with Gasteiger partial charge in [0.25, 0.3) is 0 Å². The van der Waals surface area contributed by atoms with E-state index in [1.807, 2.05) is 189 Å². The molecule has 0 aromatic heterocycles. The van der Waals surface area contributed by atoms with Gasteiger partial charge in [0.1, 0.15) is 48.8 Å². The van der Waals surface area contributed by atoms with Crippen LogP contribution < -0.4 is 0 Å². The molecule has 0 bridgehead atoms. The van der Waals surface area contributed by atoms with Crippen LogP contribution >= 0.6 is 0 Å². The fraction of sp³-hybridized carbons (Fsp3) is 0.368. The second-order valence-corrected chi connectivity index (χ2v) is 17.1. The maximum atomic E-state index is 12.5. The summed E-state index contributed by atoms with van der Waals surface area (Å²) in [4.78, 5) is 0. The molecule has 2 aliphatic heterocycles. The van der Waals surface area contributed by atoms with E-state index in [0.717, 1.165) is 39.8 Å². The Morgan fingerprint density at radius 3 is 1.12 bits per heavy atom. The predicted molar refractivity (Wildman–Crippen MR) is 257 cm³/mol. The molecule has 0 radical (unpaired) electrons. The third kappa shape index (κ3) is 14.5. The Hall–Kier alpha value is -5.12. The summed E-state index contributed by atoms with van der Waals surface area (Å²) in [5.41, 5.74) is 5.85. The Morgan fingerprint density at radius 2 is 0.706 bits per heavy atom. The number of aliphatic hydroxyl groups excluding tert-OH is 1. The molecule has 11 heteroatoms. The highest BCUT2D eigenvalue weighted by molar-refractivity contribution is 5.18.